The molecule has 1 aromatic rings. The minimum Gasteiger partial charge on any atom is -0.381 e. The van der Waals surface area contributed by atoms with Gasteiger partial charge in [0.25, 0.3) is 0 Å². The molecule has 4 nitrogen and oxygen atoms in total. The molecule has 1 saturated carbocycles. The van der Waals surface area contributed by atoms with Gasteiger partial charge in [0.1, 0.15) is 5.82 Å². The molecule has 0 bridgehead atoms. The topological polar surface area (TPSA) is 47.0 Å². The molecule has 0 saturated heterocycles. The van der Waals surface area contributed by atoms with Crippen LogP contribution in [0.1, 0.15) is 20.3 Å². The molecular formula is C11H17N3O. The highest BCUT2D eigenvalue weighted by molar-refractivity contribution is 5.34. The summed E-state index contributed by atoms with van der Waals surface area (Å²) in [4.78, 5) is 8.23. The van der Waals surface area contributed by atoms with Crippen LogP contribution < -0.4 is 5.32 Å². The lowest BCUT2D eigenvalue weighted by atomic mass is 9.64. The van der Waals surface area contributed by atoms with Gasteiger partial charge in [-0.25, -0.2) is 4.98 Å². The molecule has 2 rings (SSSR count). The Labute approximate surface area is 90.1 Å². The zero-order chi connectivity index (χ0) is 10.9. The lowest BCUT2D eigenvalue weighted by Crippen LogP contribution is -2.57. The van der Waals surface area contributed by atoms with Crippen molar-refractivity contribution in [2.45, 2.75) is 32.4 Å². The molecule has 4 heteroatoms. The monoisotopic (exact) mass is 207 g/mol. The second-order valence-electron chi connectivity index (χ2n) is 4.57. The van der Waals surface area contributed by atoms with Gasteiger partial charge in [0.15, 0.2) is 0 Å². The van der Waals surface area contributed by atoms with Gasteiger partial charge in [-0.3, -0.25) is 4.98 Å². The second-order valence-corrected chi connectivity index (χ2v) is 4.57. The van der Waals surface area contributed by atoms with Crippen molar-refractivity contribution in [3.8, 4) is 0 Å². The molecule has 82 valence electrons. The number of anilines is 1. The Morgan fingerprint density at radius 3 is 2.80 bits per heavy atom. The lowest BCUT2D eigenvalue weighted by Gasteiger charge is -2.51. The Balaban J connectivity index is 1.99. The van der Waals surface area contributed by atoms with Crippen molar-refractivity contribution in [3.05, 3.63) is 18.6 Å². The van der Waals surface area contributed by atoms with Crippen molar-refractivity contribution < 1.29 is 4.74 Å². The Morgan fingerprint density at radius 1 is 1.47 bits per heavy atom. The largest absolute Gasteiger partial charge is 0.381 e. The summed E-state index contributed by atoms with van der Waals surface area (Å²) in [5, 5.41) is 3.38. The zero-order valence-corrected chi connectivity index (χ0v) is 9.40. The third kappa shape index (κ3) is 1.81. The SMILES string of the molecule is COC1CC(Nc2cnccn2)C1(C)C. The van der Waals surface area contributed by atoms with E-state index in [1.807, 2.05) is 0 Å². The van der Waals surface area contributed by atoms with Crippen LogP contribution in [-0.4, -0.2) is 29.2 Å². The molecular weight excluding hydrogens is 190 g/mol. The fraction of sp³-hybridized carbons (Fsp3) is 0.636. The molecule has 1 fully saturated rings. The van der Waals surface area contributed by atoms with Gasteiger partial charge in [-0.15, -0.1) is 0 Å². The predicted molar refractivity (Wildman–Crippen MR) is 58.6 cm³/mol. The fourth-order valence-corrected chi connectivity index (χ4v) is 2.08. The van der Waals surface area contributed by atoms with Crippen LogP contribution in [0.2, 0.25) is 0 Å². The van der Waals surface area contributed by atoms with E-state index in [0.29, 0.717) is 12.1 Å². The molecule has 1 heterocycles. The second kappa shape index (κ2) is 3.77. The van der Waals surface area contributed by atoms with Gasteiger partial charge in [0.05, 0.1) is 12.3 Å². The van der Waals surface area contributed by atoms with Crippen LogP contribution in [0.3, 0.4) is 0 Å². The van der Waals surface area contributed by atoms with E-state index in [9.17, 15) is 0 Å². The van der Waals surface area contributed by atoms with Crippen LogP contribution in [0.15, 0.2) is 18.6 Å². The van der Waals surface area contributed by atoms with Crippen molar-refractivity contribution >= 4 is 5.82 Å². The van der Waals surface area contributed by atoms with E-state index in [2.05, 4.69) is 29.1 Å². The van der Waals surface area contributed by atoms with E-state index < -0.39 is 0 Å². The van der Waals surface area contributed by atoms with Gasteiger partial charge in [-0.1, -0.05) is 13.8 Å². The molecule has 0 aliphatic heterocycles. The number of ether oxygens (including phenoxy) is 1. The smallest absolute Gasteiger partial charge is 0.144 e. The van der Waals surface area contributed by atoms with Crippen molar-refractivity contribution in [1.82, 2.24) is 9.97 Å². The van der Waals surface area contributed by atoms with E-state index in [0.717, 1.165) is 12.2 Å². The summed E-state index contributed by atoms with van der Waals surface area (Å²) in [5.74, 6) is 0.838. The highest BCUT2D eigenvalue weighted by atomic mass is 16.5. The van der Waals surface area contributed by atoms with Crippen LogP contribution in [-0.2, 0) is 4.74 Å². The number of hydrogen-bond acceptors (Lipinski definition) is 4. The van der Waals surface area contributed by atoms with Crippen LogP contribution in [0.5, 0.6) is 0 Å². The van der Waals surface area contributed by atoms with E-state index >= 15 is 0 Å². The summed E-state index contributed by atoms with van der Waals surface area (Å²) in [6.07, 6.45) is 6.49. The van der Waals surface area contributed by atoms with Crippen molar-refractivity contribution in [2.75, 3.05) is 12.4 Å². The summed E-state index contributed by atoms with van der Waals surface area (Å²) in [5.41, 5.74) is 0.159. The molecule has 2 atom stereocenters. The molecule has 1 aliphatic rings. The third-order valence-corrected chi connectivity index (χ3v) is 3.35. The summed E-state index contributed by atoms with van der Waals surface area (Å²) >= 11 is 0. The van der Waals surface area contributed by atoms with E-state index in [1.165, 1.54) is 0 Å². The molecule has 0 radical (unpaired) electrons. The van der Waals surface area contributed by atoms with Gasteiger partial charge in [0, 0.05) is 31.0 Å². The first-order chi connectivity index (χ1) is 7.14. The summed E-state index contributed by atoms with van der Waals surface area (Å²) < 4.78 is 5.39. The Bertz CT molecular complexity index is 326. The van der Waals surface area contributed by atoms with Crippen LogP contribution in [0, 0.1) is 5.41 Å². The lowest BCUT2D eigenvalue weighted by molar-refractivity contribution is -0.0795. The number of aromatic nitrogens is 2. The fourth-order valence-electron chi connectivity index (χ4n) is 2.08. The normalized spacial score (nSPS) is 28.2. The van der Waals surface area contributed by atoms with E-state index in [1.54, 1.807) is 25.7 Å². The molecule has 15 heavy (non-hydrogen) atoms. The highest BCUT2D eigenvalue weighted by Crippen LogP contribution is 2.43. The minimum atomic E-state index is 0.159. The molecule has 1 N–H and O–H groups in total. The van der Waals surface area contributed by atoms with Crippen molar-refractivity contribution in [1.29, 1.82) is 0 Å². The zero-order valence-electron chi connectivity index (χ0n) is 9.40. The maximum Gasteiger partial charge on any atom is 0.144 e. The minimum absolute atomic E-state index is 0.159. The van der Waals surface area contributed by atoms with Gasteiger partial charge < -0.3 is 10.1 Å². The standard InChI is InChI=1S/C11H17N3O/c1-11(2)8(6-9(11)15-3)14-10-7-12-4-5-13-10/h4-5,7-9H,6H2,1-3H3,(H,13,14). The van der Waals surface area contributed by atoms with Gasteiger partial charge >= 0.3 is 0 Å². The maximum atomic E-state index is 5.39. The quantitative estimate of drug-likeness (QED) is 0.819. The number of rotatable bonds is 3. The summed E-state index contributed by atoms with van der Waals surface area (Å²) in [6, 6.07) is 0.416. The number of nitrogens with zero attached hydrogens (tertiary/aromatic N) is 2. The van der Waals surface area contributed by atoms with Crippen molar-refractivity contribution in [2.24, 2.45) is 5.41 Å². The van der Waals surface area contributed by atoms with E-state index in [-0.39, 0.29) is 5.41 Å². The molecule has 2 unspecified atom stereocenters. The predicted octanol–water partition coefficient (Wildman–Crippen LogP) is 1.70. The average molecular weight is 207 g/mol. The van der Waals surface area contributed by atoms with Gasteiger partial charge in [-0.2, -0.15) is 0 Å². The highest BCUT2D eigenvalue weighted by Gasteiger charge is 2.48. The molecule has 0 spiro atoms. The Morgan fingerprint density at radius 2 is 2.27 bits per heavy atom. The molecule has 1 aromatic heterocycles. The van der Waals surface area contributed by atoms with Crippen LogP contribution in [0.25, 0.3) is 0 Å². The number of hydrogen-bond donors (Lipinski definition) is 1. The Kier molecular flexibility index (Phi) is 2.61. The van der Waals surface area contributed by atoms with Crippen molar-refractivity contribution in [3.63, 3.8) is 0 Å². The molecule has 0 amide bonds. The maximum absolute atomic E-state index is 5.39. The summed E-state index contributed by atoms with van der Waals surface area (Å²) in [6.45, 7) is 4.41. The first kappa shape index (κ1) is 10.4. The number of nitrogens with one attached hydrogen (secondary N) is 1. The number of methoxy groups -OCH3 is 1. The van der Waals surface area contributed by atoms with Crippen LogP contribution in [0.4, 0.5) is 5.82 Å². The Hall–Kier alpha value is -1.16. The van der Waals surface area contributed by atoms with E-state index in [4.69, 9.17) is 4.74 Å². The average Bonchev–Trinajstić information content (AvgIpc) is 2.25. The third-order valence-electron chi connectivity index (χ3n) is 3.35. The first-order valence-corrected chi connectivity index (χ1v) is 5.20. The summed E-state index contributed by atoms with van der Waals surface area (Å²) in [7, 11) is 1.77. The first-order valence-electron chi connectivity index (χ1n) is 5.20. The molecule has 1 aliphatic carbocycles. The van der Waals surface area contributed by atoms with Gasteiger partial charge in [0.2, 0.25) is 0 Å². The molecule has 0 aromatic carbocycles. The van der Waals surface area contributed by atoms with Gasteiger partial charge in [-0.05, 0) is 6.42 Å². The van der Waals surface area contributed by atoms with Crippen LogP contribution >= 0.6 is 0 Å².